The van der Waals surface area contributed by atoms with Crippen molar-refractivity contribution < 1.29 is 9.53 Å². The zero-order chi connectivity index (χ0) is 27.9. The second-order valence-corrected chi connectivity index (χ2v) is 12.0. The van der Waals surface area contributed by atoms with Gasteiger partial charge in [-0.25, -0.2) is 0 Å². The number of ether oxygens (including phenoxy) is 1. The molecule has 1 amide bonds. The number of benzene rings is 1. The van der Waals surface area contributed by atoms with Crippen LogP contribution in [-0.4, -0.2) is 107 Å². The minimum atomic E-state index is -0.147. The predicted molar refractivity (Wildman–Crippen MR) is 160 cm³/mol. The molecule has 7 rings (SSSR count). The zero-order valence-electron chi connectivity index (χ0n) is 23.8. The molecule has 2 aromatic heterocycles. The average Bonchev–Trinajstić information content (AvgIpc) is 3.69. The van der Waals surface area contributed by atoms with Gasteiger partial charge in [0.15, 0.2) is 0 Å². The number of pyridine rings is 1. The molecule has 0 aliphatic carbocycles. The molecular weight excluding hydrogens is 518 g/mol. The molecule has 0 spiro atoms. The van der Waals surface area contributed by atoms with Gasteiger partial charge in [-0.1, -0.05) is 6.08 Å². The Morgan fingerprint density at radius 1 is 1.05 bits per heavy atom. The lowest BCUT2D eigenvalue weighted by Crippen LogP contribution is -2.51. The molecular formula is C31H39N7O3. The van der Waals surface area contributed by atoms with E-state index in [9.17, 15) is 9.59 Å². The molecule has 1 aromatic carbocycles. The molecule has 2 atom stereocenters. The number of rotatable bonds is 5. The minimum absolute atomic E-state index is 0.0534. The number of aromatic nitrogens is 3. The van der Waals surface area contributed by atoms with E-state index >= 15 is 0 Å². The summed E-state index contributed by atoms with van der Waals surface area (Å²) < 4.78 is 7.54. The first-order valence-corrected chi connectivity index (χ1v) is 15.1. The smallest absolute Gasteiger partial charge is 0.259 e. The first-order valence-electron chi connectivity index (χ1n) is 15.1. The van der Waals surface area contributed by atoms with Gasteiger partial charge in [0.05, 0.1) is 28.7 Å². The lowest BCUT2D eigenvalue weighted by molar-refractivity contribution is 0.0598. The quantitative estimate of drug-likeness (QED) is 0.518. The van der Waals surface area contributed by atoms with Gasteiger partial charge in [0.2, 0.25) is 0 Å². The number of nitrogens with one attached hydrogen (secondary N) is 1. The Labute approximate surface area is 239 Å². The Morgan fingerprint density at radius 2 is 1.83 bits per heavy atom. The number of piperazine rings is 1. The third kappa shape index (κ3) is 5.02. The highest BCUT2D eigenvalue weighted by Gasteiger charge is 2.32. The number of aromatic amines is 1. The summed E-state index contributed by atoms with van der Waals surface area (Å²) in [7, 11) is 0. The summed E-state index contributed by atoms with van der Waals surface area (Å²) in [5.74, 6) is 0.436. The van der Waals surface area contributed by atoms with Gasteiger partial charge < -0.3 is 14.6 Å². The number of allylic oxidation sites excluding steroid dienone is 1. The monoisotopic (exact) mass is 557 g/mol. The summed E-state index contributed by atoms with van der Waals surface area (Å²) in [5.41, 5.74) is 2.97. The first kappa shape index (κ1) is 26.6. The van der Waals surface area contributed by atoms with Gasteiger partial charge in [0.25, 0.3) is 11.5 Å². The van der Waals surface area contributed by atoms with Crippen LogP contribution in [0.3, 0.4) is 0 Å². The number of hydrogen-bond acceptors (Lipinski definition) is 7. The molecule has 4 aliphatic rings. The van der Waals surface area contributed by atoms with Gasteiger partial charge in [-0.15, -0.1) is 0 Å². The van der Waals surface area contributed by atoms with Crippen molar-refractivity contribution in [2.24, 2.45) is 10.9 Å². The Morgan fingerprint density at radius 3 is 2.61 bits per heavy atom. The summed E-state index contributed by atoms with van der Waals surface area (Å²) >= 11 is 0. The molecule has 0 saturated carbocycles. The van der Waals surface area contributed by atoms with Crippen molar-refractivity contribution in [3.63, 3.8) is 0 Å². The summed E-state index contributed by atoms with van der Waals surface area (Å²) in [5, 5.41) is 6.06. The Kier molecular flexibility index (Phi) is 7.22. The maximum absolute atomic E-state index is 13.9. The molecule has 3 saturated heterocycles. The number of likely N-dealkylation sites (tertiary alicyclic amines) is 1. The fourth-order valence-corrected chi connectivity index (χ4v) is 7.10. The summed E-state index contributed by atoms with van der Waals surface area (Å²) in [6, 6.07) is 4.09. The summed E-state index contributed by atoms with van der Waals surface area (Å²) in [4.78, 5) is 41.6. The van der Waals surface area contributed by atoms with Crippen molar-refractivity contribution >= 4 is 33.9 Å². The third-order valence-corrected chi connectivity index (χ3v) is 9.38. The Balaban J connectivity index is 1.10. The van der Waals surface area contributed by atoms with Crippen LogP contribution in [0.25, 0.3) is 21.8 Å². The number of fused-ring (bicyclic) bond motifs is 3. The van der Waals surface area contributed by atoms with E-state index in [4.69, 9.17) is 9.73 Å². The molecule has 41 heavy (non-hydrogen) atoms. The molecule has 0 radical (unpaired) electrons. The van der Waals surface area contributed by atoms with Crippen LogP contribution in [-0.2, 0) is 4.74 Å². The van der Waals surface area contributed by atoms with Crippen LogP contribution < -0.4 is 5.56 Å². The summed E-state index contributed by atoms with van der Waals surface area (Å²) in [6.07, 6.45) is 12.5. The fourth-order valence-electron chi connectivity index (χ4n) is 7.10. The highest BCUT2D eigenvalue weighted by molar-refractivity contribution is 6.07. The number of aliphatic imine (C=N–C) groups is 1. The van der Waals surface area contributed by atoms with Gasteiger partial charge in [0, 0.05) is 82.1 Å². The topological polar surface area (TPSA) is 99.1 Å². The second kappa shape index (κ2) is 11.2. The van der Waals surface area contributed by atoms with Crippen LogP contribution in [0.2, 0.25) is 0 Å². The lowest BCUT2D eigenvalue weighted by atomic mass is 10.0. The van der Waals surface area contributed by atoms with E-state index in [0.29, 0.717) is 43.2 Å². The van der Waals surface area contributed by atoms with Gasteiger partial charge in [-0.3, -0.25) is 29.1 Å². The largest absolute Gasteiger partial charge is 0.381 e. The molecule has 0 bridgehead atoms. The van der Waals surface area contributed by atoms with Crippen molar-refractivity contribution in [3.05, 3.63) is 52.0 Å². The Hall–Kier alpha value is -3.34. The molecule has 2 unspecified atom stereocenters. The van der Waals surface area contributed by atoms with Gasteiger partial charge in [-0.2, -0.15) is 5.10 Å². The van der Waals surface area contributed by atoms with Crippen molar-refractivity contribution in [2.45, 2.75) is 44.8 Å². The molecule has 4 aliphatic heterocycles. The standard InChI is InChI=1S/C31H39N7O3/c1-21-17-27-25(28-26(30(39)34-27)19-33-38(28)23-6-15-41-16-7-23)18-24(21)31(40)37-13-11-35(12-14-37)20-22-5-4-8-32-29(22)36-9-2-3-10-36/h4-5,8,17-19,22-23,29H,2-3,6-7,9-16,20H2,1H3,(H,34,39). The SMILES string of the molecule is Cc1cc2[nH]c(=O)c3cnn(C4CCOCC4)c3c2cc1C(=O)N1CCN(CC2C=CC=NC2N2CCCC2)CC1. The number of nitrogens with zero attached hydrogens (tertiary/aromatic N) is 6. The van der Waals surface area contributed by atoms with Crippen molar-refractivity contribution in [1.29, 1.82) is 0 Å². The van der Waals surface area contributed by atoms with E-state index in [0.717, 1.165) is 67.5 Å². The van der Waals surface area contributed by atoms with Gasteiger partial charge in [0.1, 0.15) is 6.17 Å². The van der Waals surface area contributed by atoms with E-state index in [-0.39, 0.29) is 23.7 Å². The maximum atomic E-state index is 13.9. The van der Waals surface area contributed by atoms with E-state index in [1.165, 1.54) is 12.8 Å². The first-order chi connectivity index (χ1) is 20.1. The lowest BCUT2D eigenvalue weighted by Gasteiger charge is -2.39. The fraction of sp³-hybridized carbons (Fsp3) is 0.548. The van der Waals surface area contributed by atoms with Crippen molar-refractivity contribution in [2.75, 3.05) is 59.0 Å². The number of carbonyl (C=O) groups is 1. The minimum Gasteiger partial charge on any atom is -0.381 e. The number of hydrogen-bond donors (Lipinski definition) is 1. The molecule has 3 aromatic rings. The second-order valence-electron chi connectivity index (χ2n) is 12.0. The average molecular weight is 558 g/mol. The van der Waals surface area contributed by atoms with Crippen LogP contribution >= 0.6 is 0 Å². The van der Waals surface area contributed by atoms with Crippen LogP contribution in [0, 0.1) is 12.8 Å². The van der Waals surface area contributed by atoms with E-state index in [1.807, 2.05) is 34.9 Å². The van der Waals surface area contributed by atoms with Crippen molar-refractivity contribution in [3.8, 4) is 0 Å². The third-order valence-electron chi connectivity index (χ3n) is 9.38. The molecule has 10 nitrogen and oxygen atoms in total. The van der Waals surface area contributed by atoms with Crippen LogP contribution in [0.1, 0.15) is 47.6 Å². The number of dihydropyridines is 1. The molecule has 6 heterocycles. The highest BCUT2D eigenvalue weighted by atomic mass is 16.5. The maximum Gasteiger partial charge on any atom is 0.259 e. The highest BCUT2D eigenvalue weighted by Crippen LogP contribution is 2.30. The van der Waals surface area contributed by atoms with E-state index in [1.54, 1.807) is 6.20 Å². The summed E-state index contributed by atoms with van der Waals surface area (Å²) in [6.45, 7) is 9.67. The predicted octanol–water partition coefficient (Wildman–Crippen LogP) is 2.97. The van der Waals surface area contributed by atoms with E-state index in [2.05, 4.69) is 32.0 Å². The van der Waals surface area contributed by atoms with Crippen LogP contribution in [0.15, 0.2) is 40.3 Å². The molecule has 1 N–H and O–H groups in total. The Bertz CT molecular complexity index is 1550. The van der Waals surface area contributed by atoms with E-state index < -0.39 is 0 Å². The van der Waals surface area contributed by atoms with Gasteiger partial charge >= 0.3 is 0 Å². The van der Waals surface area contributed by atoms with Crippen LogP contribution in [0.5, 0.6) is 0 Å². The number of H-pyrrole nitrogens is 1. The van der Waals surface area contributed by atoms with Gasteiger partial charge in [-0.05, 0) is 56.4 Å². The molecule has 216 valence electrons. The molecule has 10 heteroatoms. The molecule has 3 fully saturated rings. The van der Waals surface area contributed by atoms with Crippen molar-refractivity contribution in [1.82, 2.24) is 29.5 Å². The number of amides is 1. The normalized spacial score (nSPS) is 24.7. The number of aryl methyl sites for hydroxylation is 1. The van der Waals surface area contributed by atoms with Crippen LogP contribution in [0.4, 0.5) is 0 Å². The zero-order valence-corrected chi connectivity index (χ0v) is 23.8. The number of carbonyl (C=O) groups excluding carboxylic acids is 1.